The molecule has 6 heteroatoms. The largest absolute Gasteiger partial charge is 0.478 e. The normalized spacial score (nSPS) is 10.5. The van der Waals surface area contributed by atoms with Gasteiger partial charge in [-0.25, -0.2) is 9.78 Å². The molecule has 3 heterocycles. The molecule has 0 saturated heterocycles. The van der Waals surface area contributed by atoms with Gasteiger partial charge in [0.1, 0.15) is 17.0 Å². The zero-order valence-corrected chi connectivity index (χ0v) is 10.4. The highest BCUT2D eigenvalue weighted by molar-refractivity contribution is 7.13. The molecule has 0 spiro atoms. The van der Waals surface area contributed by atoms with E-state index in [0.717, 1.165) is 10.6 Å². The highest BCUT2D eigenvalue weighted by atomic mass is 32.1. The number of hydrogen-bond donors (Lipinski definition) is 1. The Kier molecular flexibility index (Phi) is 2.85. The summed E-state index contributed by atoms with van der Waals surface area (Å²) in [7, 11) is 0. The summed E-state index contributed by atoms with van der Waals surface area (Å²) in [5.41, 5.74) is 1.66. The minimum atomic E-state index is -1.02. The van der Waals surface area contributed by atoms with Crippen LogP contribution in [-0.2, 0) is 0 Å². The molecule has 0 radical (unpaired) electrons. The molecule has 5 nitrogen and oxygen atoms in total. The number of rotatable bonds is 3. The summed E-state index contributed by atoms with van der Waals surface area (Å²) in [6.07, 6.45) is 4.64. The Morgan fingerprint density at radius 3 is 3.00 bits per heavy atom. The third-order valence-electron chi connectivity index (χ3n) is 2.51. The lowest BCUT2D eigenvalue weighted by molar-refractivity contribution is 0.0696. The van der Waals surface area contributed by atoms with E-state index in [9.17, 15) is 4.79 Å². The Hall–Kier alpha value is -2.47. The number of carbonyl (C=O) groups is 1. The first-order chi connectivity index (χ1) is 9.24. The molecule has 0 aliphatic rings. The first kappa shape index (κ1) is 11.6. The van der Waals surface area contributed by atoms with Crippen LogP contribution < -0.4 is 0 Å². The van der Waals surface area contributed by atoms with Crippen LogP contribution >= 0.6 is 11.3 Å². The Balaban J connectivity index is 1.94. The number of thiazole rings is 1. The summed E-state index contributed by atoms with van der Waals surface area (Å²) in [6.45, 7) is 0. The molecular weight excluding hydrogens is 264 g/mol. The molecule has 0 unspecified atom stereocenters. The van der Waals surface area contributed by atoms with Crippen LogP contribution in [0.25, 0.3) is 22.0 Å². The Bertz CT molecular complexity index is 718. The quantitative estimate of drug-likeness (QED) is 0.792. The van der Waals surface area contributed by atoms with E-state index < -0.39 is 5.97 Å². The molecule has 0 bridgehead atoms. The van der Waals surface area contributed by atoms with Crippen LogP contribution in [0.15, 0.2) is 46.7 Å². The van der Waals surface area contributed by atoms with E-state index in [0.29, 0.717) is 11.5 Å². The fraction of sp³-hybridized carbons (Fsp3) is 0. The first-order valence-corrected chi connectivity index (χ1v) is 6.30. The van der Waals surface area contributed by atoms with Gasteiger partial charge >= 0.3 is 5.97 Å². The van der Waals surface area contributed by atoms with Gasteiger partial charge < -0.3 is 9.52 Å². The van der Waals surface area contributed by atoms with Gasteiger partial charge in [-0.1, -0.05) is 0 Å². The standard InChI is InChI=1S/C13H8N2O3S/c16-13(17)9-4-11(18-6-9)10-7-19-12(15-10)8-2-1-3-14-5-8/h1-7H,(H,16,17). The Morgan fingerprint density at radius 2 is 2.32 bits per heavy atom. The SMILES string of the molecule is O=C(O)c1coc(-c2csc(-c3cccnc3)n2)c1. The van der Waals surface area contributed by atoms with Gasteiger partial charge in [0.2, 0.25) is 0 Å². The van der Waals surface area contributed by atoms with Crippen molar-refractivity contribution in [1.29, 1.82) is 0 Å². The molecular formula is C13H8N2O3S. The van der Waals surface area contributed by atoms with Crippen molar-refractivity contribution in [2.75, 3.05) is 0 Å². The predicted octanol–water partition coefficient (Wildman–Crippen LogP) is 3.16. The van der Waals surface area contributed by atoms with Crippen molar-refractivity contribution in [1.82, 2.24) is 9.97 Å². The Morgan fingerprint density at radius 1 is 1.42 bits per heavy atom. The van der Waals surface area contributed by atoms with Crippen molar-refractivity contribution in [3.63, 3.8) is 0 Å². The van der Waals surface area contributed by atoms with Gasteiger partial charge in [0.15, 0.2) is 5.76 Å². The molecule has 0 aliphatic heterocycles. The van der Waals surface area contributed by atoms with E-state index in [1.165, 1.54) is 23.7 Å². The van der Waals surface area contributed by atoms with Crippen LogP contribution in [0.3, 0.4) is 0 Å². The van der Waals surface area contributed by atoms with Crippen LogP contribution in [0.1, 0.15) is 10.4 Å². The second-order valence-electron chi connectivity index (χ2n) is 3.78. The highest BCUT2D eigenvalue weighted by Crippen LogP contribution is 2.29. The van der Waals surface area contributed by atoms with Gasteiger partial charge in [-0.15, -0.1) is 11.3 Å². The average Bonchev–Trinajstić information content (AvgIpc) is 3.09. The maximum Gasteiger partial charge on any atom is 0.338 e. The summed E-state index contributed by atoms with van der Waals surface area (Å²) >= 11 is 1.46. The molecule has 0 saturated carbocycles. The van der Waals surface area contributed by atoms with Crippen molar-refractivity contribution >= 4 is 17.3 Å². The zero-order valence-electron chi connectivity index (χ0n) is 9.61. The third-order valence-corrected chi connectivity index (χ3v) is 3.40. The van der Waals surface area contributed by atoms with Gasteiger partial charge in [-0.2, -0.15) is 0 Å². The molecule has 3 aromatic rings. The van der Waals surface area contributed by atoms with E-state index in [-0.39, 0.29) is 5.56 Å². The van der Waals surface area contributed by atoms with Gasteiger partial charge in [0, 0.05) is 29.4 Å². The van der Waals surface area contributed by atoms with Crippen LogP contribution in [0, 0.1) is 0 Å². The molecule has 1 N–H and O–H groups in total. The summed E-state index contributed by atoms with van der Waals surface area (Å²) in [6, 6.07) is 5.22. The number of pyridine rings is 1. The molecule has 3 rings (SSSR count). The molecule has 0 amide bonds. The molecule has 3 aromatic heterocycles. The van der Waals surface area contributed by atoms with Crippen LogP contribution in [0.5, 0.6) is 0 Å². The number of nitrogens with zero attached hydrogens (tertiary/aromatic N) is 2. The van der Waals surface area contributed by atoms with Crippen molar-refractivity contribution in [2.24, 2.45) is 0 Å². The maximum atomic E-state index is 10.8. The highest BCUT2D eigenvalue weighted by Gasteiger charge is 2.13. The topological polar surface area (TPSA) is 76.2 Å². The number of carboxylic acids is 1. The van der Waals surface area contributed by atoms with Crippen molar-refractivity contribution in [3.05, 3.63) is 47.8 Å². The molecule has 19 heavy (non-hydrogen) atoms. The minimum absolute atomic E-state index is 0.117. The maximum absolute atomic E-state index is 10.8. The fourth-order valence-corrected chi connectivity index (χ4v) is 2.39. The number of aromatic carboxylic acids is 1. The zero-order chi connectivity index (χ0) is 13.2. The number of furan rings is 1. The number of hydrogen-bond acceptors (Lipinski definition) is 5. The van der Waals surface area contributed by atoms with Gasteiger partial charge in [0.25, 0.3) is 0 Å². The predicted molar refractivity (Wildman–Crippen MR) is 70.0 cm³/mol. The fourth-order valence-electron chi connectivity index (χ4n) is 1.59. The van der Waals surface area contributed by atoms with Crippen molar-refractivity contribution in [3.8, 4) is 22.0 Å². The smallest absolute Gasteiger partial charge is 0.338 e. The molecule has 0 fully saturated rings. The van der Waals surface area contributed by atoms with Crippen molar-refractivity contribution in [2.45, 2.75) is 0 Å². The van der Waals surface area contributed by atoms with E-state index in [1.807, 2.05) is 17.5 Å². The van der Waals surface area contributed by atoms with Crippen LogP contribution in [0.4, 0.5) is 0 Å². The summed E-state index contributed by atoms with van der Waals surface area (Å²) in [5, 5.41) is 11.5. The lowest BCUT2D eigenvalue weighted by Crippen LogP contribution is -1.91. The van der Waals surface area contributed by atoms with E-state index in [4.69, 9.17) is 9.52 Å². The molecule has 0 aromatic carbocycles. The lowest BCUT2D eigenvalue weighted by Gasteiger charge is -1.92. The first-order valence-electron chi connectivity index (χ1n) is 5.42. The average molecular weight is 272 g/mol. The third kappa shape index (κ3) is 2.25. The van der Waals surface area contributed by atoms with E-state index >= 15 is 0 Å². The number of carboxylic acid groups (broad SMARTS) is 1. The summed E-state index contributed by atoms with van der Waals surface area (Å²) in [4.78, 5) is 19.2. The lowest BCUT2D eigenvalue weighted by atomic mass is 10.3. The van der Waals surface area contributed by atoms with E-state index in [2.05, 4.69) is 9.97 Å². The van der Waals surface area contributed by atoms with Gasteiger partial charge in [-0.05, 0) is 12.1 Å². The second-order valence-corrected chi connectivity index (χ2v) is 4.64. The monoisotopic (exact) mass is 272 g/mol. The molecule has 0 aliphatic carbocycles. The van der Waals surface area contributed by atoms with Gasteiger partial charge in [0.05, 0.1) is 5.56 Å². The van der Waals surface area contributed by atoms with Gasteiger partial charge in [-0.3, -0.25) is 4.98 Å². The summed E-state index contributed by atoms with van der Waals surface area (Å²) in [5.74, 6) is -0.568. The van der Waals surface area contributed by atoms with Crippen LogP contribution in [-0.4, -0.2) is 21.0 Å². The molecule has 0 atom stereocenters. The number of aromatic nitrogens is 2. The molecule has 94 valence electrons. The van der Waals surface area contributed by atoms with Crippen molar-refractivity contribution < 1.29 is 14.3 Å². The minimum Gasteiger partial charge on any atom is -0.478 e. The summed E-state index contributed by atoms with van der Waals surface area (Å²) < 4.78 is 5.21. The second kappa shape index (κ2) is 4.66. The van der Waals surface area contributed by atoms with Crippen LogP contribution in [0.2, 0.25) is 0 Å². The Labute approximate surface area is 112 Å². The van der Waals surface area contributed by atoms with E-state index in [1.54, 1.807) is 12.4 Å².